The van der Waals surface area contributed by atoms with E-state index < -0.39 is 4.92 Å². The van der Waals surface area contributed by atoms with Crippen LogP contribution in [-0.2, 0) is 6.54 Å². The number of para-hydroxylation sites is 1. The van der Waals surface area contributed by atoms with Gasteiger partial charge in [0.05, 0.1) is 4.92 Å². The summed E-state index contributed by atoms with van der Waals surface area (Å²) in [6.45, 7) is 0.346. The number of nitro groups is 1. The lowest BCUT2D eigenvalue weighted by atomic mass is 10.1. The predicted octanol–water partition coefficient (Wildman–Crippen LogP) is 2.26. The highest BCUT2D eigenvalue weighted by Gasteiger charge is 2.22. The zero-order valence-electron chi connectivity index (χ0n) is 10.9. The number of carbonyl (C=O) groups excluding carboxylic acids is 1. The second-order valence-corrected chi connectivity index (χ2v) is 4.30. The van der Waals surface area contributed by atoms with Gasteiger partial charge in [0.15, 0.2) is 0 Å². The summed E-state index contributed by atoms with van der Waals surface area (Å²) in [6, 6.07) is 9.55. The molecule has 0 saturated carbocycles. The first-order valence-electron chi connectivity index (χ1n) is 5.97. The van der Waals surface area contributed by atoms with Gasteiger partial charge < -0.3 is 4.90 Å². The molecule has 0 aliphatic rings. The minimum atomic E-state index is -0.550. The maximum Gasteiger partial charge on any atom is 0.282 e. The monoisotopic (exact) mass is 271 g/mol. The summed E-state index contributed by atoms with van der Waals surface area (Å²) in [5.74, 6) is -0.388. The number of carbonyl (C=O) groups is 1. The summed E-state index contributed by atoms with van der Waals surface area (Å²) in [5, 5.41) is 10.9. The Labute approximate surface area is 115 Å². The normalized spacial score (nSPS) is 10.1. The molecule has 0 bridgehead atoms. The summed E-state index contributed by atoms with van der Waals surface area (Å²) in [5.41, 5.74) is 0.765. The first-order chi connectivity index (χ1) is 9.59. The molecule has 0 unspecified atom stereocenters. The van der Waals surface area contributed by atoms with Gasteiger partial charge in [0.1, 0.15) is 5.56 Å². The van der Waals surface area contributed by atoms with E-state index in [-0.39, 0.29) is 17.2 Å². The van der Waals surface area contributed by atoms with Crippen LogP contribution in [0.3, 0.4) is 0 Å². The van der Waals surface area contributed by atoms with E-state index in [1.54, 1.807) is 31.6 Å². The van der Waals surface area contributed by atoms with E-state index >= 15 is 0 Å². The maximum atomic E-state index is 12.3. The van der Waals surface area contributed by atoms with Crippen molar-refractivity contribution in [3.8, 4) is 0 Å². The Hall–Kier alpha value is -2.76. The highest BCUT2D eigenvalue weighted by Crippen LogP contribution is 2.19. The van der Waals surface area contributed by atoms with E-state index in [1.807, 2.05) is 6.07 Å². The molecule has 1 aromatic carbocycles. The highest BCUT2D eigenvalue weighted by atomic mass is 16.6. The van der Waals surface area contributed by atoms with Gasteiger partial charge in [-0.25, -0.2) is 0 Å². The standard InChI is InChI=1S/C14H13N3O3/c1-16(10-11-5-4-8-15-9-11)14(18)12-6-2-3-7-13(12)17(19)20/h2-9H,10H2,1H3. The van der Waals surface area contributed by atoms with E-state index in [0.717, 1.165) is 5.56 Å². The van der Waals surface area contributed by atoms with Crippen LogP contribution in [0, 0.1) is 10.1 Å². The van der Waals surface area contributed by atoms with Crippen molar-refractivity contribution >= 4 is 11.6 Å². The molecule has 20 heavy (non-hydrogen) atoms. The van der Waals surface area contributed by atoms with Crippen LogP contribution in [0.1, 0.15) is 15.9 Å². The molecular formula is C14H13N3O3. The molecule has 0 fully saturated rings. The molecule has 1 amide bonds. The van der Waals surface area contributed by atoms with Gasteiger partial charge in [0.2, 0.25) is 0 Å². The fraction of sp³-hybridized carbons (Fsp3) is 0.143. The molecule has 2 aromatic rings. The minimum absolute atomic E-state index is 0.0869. The molecule has 0 saturated heterocycles. The number of rotatable bonds is 4. The summed E-state index contributed by atoms with van der Waals surface area (Å²) >= 11 is 0. The first kappa shape index (κ1) is 13.7. The summed E-state index contributed by atoms with van der Waals surface area (Å²) in [6.07, 6.45) is 3.30. The summed E-state index contributed by atoms with van der Waals surface area (Å²) in [4.78, 5) is 28.1. The summed E-state index contributed by atoms with van der Waals surface area (Å²) < 4.78 is 0. The van der Waals surface area contributed by atoms with Crippen molar-refractivity contribution in [2.24, 2.45) is 0 Å². The second-order valence-electron chi connectivity index (χ2n) is 4.30. The van der Waals surface area contributed by atoms with Crippen molar-refractivity contribution in [1.29, 1.82) is 0 Å². The zero-order chi connectivity index (χ0) is 14.5. The van der Waals surface area contributed by atoms with E-state index in [0.29, 0.717) is 6.54 Å². The molecule has 0 radical (unpaired) electrons. The van der Waals surface area contributed by atoms with Crippen molar-refractivity contribution in [3.05, 3.63) is 70.0 Å². The molecule has 0 spiro atoms. The van der Waals surface area contributed by atoms with Crippen molar-refractivity contribution in [1.82, 2.24) is 9.88 Å². The van der Waals surface area contributed by atoms with Crippen molar-refractivity contribution in [2.45, 2.75) is 6.54 Å². The molecule has 2 rings (SSSR count). The van der Waals surface area contributed by atoms with Crippen molar-refractivity contribution in [2.75, 3.05) is 7.05 Å². The highest BCUT2D eigenvalue weighted by molar-refractivity contribution is 5.97. The van der Waals surface area contributed by atoms with Crippen LogP contribution in [0.5, 0.6) is 0 Å². The SMILES string of the molecule is CN(Cc1cccnc1)C(=O)c1ccccc1[N+](=O)[O-]. The molecule has 0 atom stereocenters. The number of amides is 1. The van der Waals surface area contributed by atoms with Crippen LogP contribution in [0.2, 0.25) is 0 Å². The second kappa shape index (κ2) is 5.92. The molecule has 6 nitrogen and oxygen atoms in total. The van der Waals surface area contributed by atoms with Crippen LogP contribution in [0.4, 0.5) is 5.69 Å². The lowest BCUT2D eigenvalue weighted by molar-refractivity contribution is -0.385. The van der Waals surface area contributed by atoms with E-state index in [2.05, 4.69) is 4.98 Å². The van der Waals surface area contributed by atoms with Crippen molar-refractivity contribution < 1.29 is 9.72 Å². The number of nitro benzene ring substituents is 1. The third-order valence-electron chi connectivity index (χ3n) is 2.82. The maximum absolute atomic E-state index is 12.3. The average Bonchev–Trinajstić information content (AvgIpc) is 2.47. The van der Waals surface area contributed by atoms with Gasteiger partial charge in [-0.2, -0.15) is 0 Å². The third kappa shape index (κ3) is 2.97. The summed E-state index contributed by atoms with van der Waals surface area (Å²) in [7, 11) is 1.60. The first-order valence-corrected chi connectivity index (χ1v) is 5.97. The molecule has 102 valence electrons. The molecule has 1 aromatic heterocycles. The molecule has 6 heteroatoms. The van der Waals surface area contributed by atoms with Gasteiger partial charge >= 0.3 is 0 Å². The molecule has 0 aliphatic heterocycles. The van der Waals surface area contributed by atoms with Crippen LogP contribution < -0.4 is 0 Å². The Morgan fingerprint density at radius 1 is 1.30 bits per heavy atom. The van der Waals surface area contributed by atoms with Crippen molar-refractivity contribution in [3.63, 3.8) is 0 Å². The predicted molar refractivity (Wildman–Crippen MR) is 73.1 cm³/mol. The topological polar surface area (TPSA) is 76.3 Å². The average molecular weight is 271 g/mol. The Bertz CT molecular complexity index is 629. The van der Waals surface area contributed by atoms with Gasteiger partial charge in [-0.05, 0) is 17.7 Å². The van der Waals surface area contributed by atoms with Gasteiger partial charge in [-0.1, -0.05) is 18.2 Å². The molecule has 1 heterocycles. The Morgan fingerprint density at radius 3 is 2.70 bits per heavy atom. The Kier molecular flexibility index (Phi) is 4.05. The third-order valence-corrected chi connectivity index (χ3v) is 2.82. The van der Waals surface area contributed by atoms with Crippen LogP contribution in [0.25, 0.3) is 0 Å². The number of benzene rings is 1. The smallest absolute Gasteiger partial charge is 0.282 e. The molecule has 0 aliphatic carbocycles. The van der Waals surface area contributed by atoms with Gasteiger partial charge in [-0.3, -0.25) is 19.9 Å². The lowest BCUT2D eigenvalue weighted by Crippen LogP contribution is -2.26. The largest absolute Gasteiger partial charge is 0.337 e. The van der Waals surface area contributed by atoms with E-state index in [9.17, 15) is 14.9 Å². The fourth-order valence-electron chi connectivity index (χ4n) is 1.86. The zero-order valence-corrected chi connectivity index (χ0v) is 10.9. The number of aromatic nitrogens is 1. The molecule has 0 N–H and O–H groups in total. The number of pyridine rings is 1. The number of hydrogen-bond donors (Lipinski definition) is 0. The van der Waals surface area contributed by atoms with Crippen LogP contribution >= 0.6 is 0 Å². The van der Waals surface area contributed by atoms with Crippen LogP contribution in [0.15, 0.2) is 48.8 Å². The quantitative estimate of drug-likeness (QED) is 0.631. The van der Waals surface area contributed by atoms with E-state index in [4.69, 9.17) is 0 Å². The number of nitrogens with zero attached hydrogens (tertiary/aromatic N) is 3. The van der Waals surface area contributed by atoms with Gasteiger partial charge in [0, 0.05) is 32.1 Å². The Morgan fingerprint density at radius 2 is 2.05 bits per heavy atom. The minimum Gasteiger partial charge on any atom is -0.337 e. The number of hydrogen-bond acceptors (Lipinski definition) is 4. The van der Waals surface area contributed by atoms with Crippen LogP contribution in [-0.4, -0.2) is 27.8 Å². The van der Waals surface area contributed by atoms with Gasteiger partial charge in [-0.15, -0.1) is 0 Å². The van der Waals surface area contributed by atoms with Gasteiger partial charge in [0.25, 0.3) is 11.6 Å². The fourth-order valence-corrected chi connectivity index (χ4v) is 1.86. The van der Waals surface area contributed by atoms with E-state index in [1.165, 1.54) is 23.1 Å². The molecular weight excluding hydrogens is 258 g/mol. The lowest BCUT2D eigenvalue weighted by Gasteiger charge is -2.17. The Balaban J connectivity index is 2.21.